The minimum atomic E-state index is -4.40. The van der Waals surface area contributed by atoms with Crippen LogP contribution in [0, 0.1) is 5.92 Å². The first-order valence-corrected chi connectivity index (χ1v) is 6.55. The van der Waals surface area contributed by atoms with Gasteiger partial charge >= 0.3 is 6.18 Å². The van der Waals surface area contributed by atoms with Crippen molar-refractivity contribution in [3.63, 3.8) is 0 Å². The van der Waals surface area contributed by atoms with Gasteiger partial charge in [-0.1, -0.05) is 12.2 Å². The highest BCUT2D eigenvalue weighted by Gasteiger charge is 2.28. The third-order valence-corrected chi connectivity index (χ3v) is 3.03. The average Bonchev–Trinajstić information content (AvgIpc) is 2.46. The number of rotatable bonds is 4. The van der Waals surface area contributed by atoms with Gasteiger partial charge in [0.25, 0.3) is 0 Å². The topological polar surface area (TPSA) is 51.2 Å². The zero-order valence-electron chi connectivity index (χ0n) is 11.2. The Morgan fingerprint density at radius 2 is 2.19 bits per heavy atom. The van der Waals surface area contributed by atoms with Crippen LogP contribution in [-0.2, 0) is 4.79 Å². The van der Waals surface area contributed by atoms with Crippen LogP contribution in [0.3, 0.4) is 0 Å². The van der Waals surface area contributed by atoms with Gasteiger partial charge in [-0.2, -0.15) is 13.2 Å². The van der Waals surface area contributed by atoms with E-state index in [-0.39, 0.29) is 17.7 Å². The lowest BCUT2D eigenvalue weighted by Gasteiger charge is -2.17. The summed E-state index contributed by atoms with van der Waals surface area (Å²) >= 11 is 0. The van der Waals surface area contributed by atoms with E-state index in [0.717, 1.165) is 12.8 Å². The second-order valence-corrected chi connectivity index (χ2v) is 4.76. The molecule has 0 fully saturated rings. The lowest BCUT2D eigenvalue weighted by molar-refractivity contribution is -0.154. The average molecular weight is 300 g/mol. The third kappa shape index (κ3) is 5.09. The Kier molecular flexibility index (Phi) is 4.82. The fraction of sp³-hybridized carbons (Fsp3) is 0.429. The number of halogens is 3. The number of aromatic nitrogens is 1. The van der Waals surface area contributed by atoms with Crippen molar-refractivity contribution >= 4 is 11.6 Å². The van der Waals surface area contributed by atoms with E-state index >= 15 is 0 Å². The molecular weight excluding hydrogens is 285 g/mol. The number of ether oxygens (including phenoxy) is 1. The molecular formula is C14H15F3N2O2. The van der Waals surface area contributed by atoms with Crippen molar-refractivity contribution in [3.05, 3.63) is 30.5 Å². The largest absolute Gasteiger partial charge is 0.468 e. The number of amides is 1. The standard InChI is InChI=1S/C14H15F3N2O2/c15-14(16,17)9-21-12-7-6-11(8-18-12)19-13(20)10-4-2-1-3-5-10/h1-2,6-8,10H,3-5,9H2,(H,19,20)/t10-/m1/s1. The molecule has 1 heterocycles. The zero-order valence-corrected chi connectivity index (χ0v) is 11.2. The molecule has 1 atom stereocenters. The van der Waals surface area contributed by atoms with Gasteiger partial charge in [-0.15, -0.1) is 0 Å². The van der Waals surface area contributed by atoms with Crippen LogP contribution in [0.1, 0.15) is 19.3 Å². The van der Waals surface area contributed by atoms with Crippen molar-refractivity contribution in [3.8, 4) is 5.88 Å². The van der Waals surface area contributed by atoms with Crippen LogP contribution in [0.15, 0.2) is 30.5 Å². The third-order valence-electron chi connectivity index (χ3n) is 3.03. The predicted molar refractivity (Wildman–Crippen MR) is 70.9 cm³/mol. The second kappa shape index (κ2) is 6.60. The van der Waals surface area contributed by atoms with Crippen LogP contribution in [0.4, 0.5) is 18.9 Å². The van der Waals surface area contributed by atoms with Crippen LogP contribution in [-0.4, -0.2) is 23.7 Å². The van der Waals surface area contributed by atoms with Gasteiger partial charge in [0.15, 0.2) is 6.61 Å². The van der Waals surface area contributed by atoms with Gasteiger partial charge in [-0.25, -0.2) is 4.98 Å². The smallest absolute Gasteiger partial charge is 0.422 e. The first-order valence-electron chi connectivity index (χ1n) is 6.55. The molecule has 4 nitrogen and oxygen atoms in total. The Morgan fingerprint density at radius 1 is 1.38 bits per heavy atom. The molecule has 0 aliphatic heterocycles. The molecule has 1 aliphatic carbocycles. The van der Waals surface area contributed by atoms with Crippen molar-refractivity contribution in [1.82, 2.24) is 4.98 Å². The van der Waals surface area contributed by atoms with Gasteiger partial charge < -0.3 is 10.1 Å². The van der Waals surface area contributed by atoms with Gasteiger partial charge in [0.2, 0.25) is 11.8 Å². The van der Waals surface area contributed by atoms with Crippen molar-refractivity contribution in [1.29, 1.82) is 0 Å². The van der Waals surface area contributed by atoms with E-state index in [1.54, 1.807) is 0 Å². The highest BCUT2D eigenvalue weighted by Crippen LogP contribution is 2.21. The molecule has 1 N–H and O–H groups in total. The molecule has 7 heteroatoms. The minimum absolute atomic E-state index is 0.0730. The number of carbonyl (C=O) groups is 1. The van der Waals surface area contributed by atoms with Crippen molar-refractivity contribution in [2.45, 2.75) is 25.4 Å². The highest BCUT2D eigenvalue weighted by atomic mass is 19.4. The summed E-state index contributed by atoms with van der Waals surface area (Å²) < 4.78 is 40.4. The summed E-state index contributed by atoms with van der Waals surface area (Å²) in [5, 5.41) is 2.70. The van der Waals surface area contributed by atoms with E-state index in [1.165, 1.54) is 18.3 Å². The predicted octanol–water partition coefficient (Wildman–Crippen LogP) is 3.32. The molecule has 21 heavy (non-hydrogen) atoms. The van der Waals surface area contributed by atoms with Gasteiger partial charge in [0.1, 0.15) is 0 Å². The number of anilines is 1. The summed E-state index contributed by atoms with van der Waals surface area (Å²) in [6.07, 6.45) is 3.26. The Balaban J connectivity index is 1.87. The summed E-state index contributed by atoms with van der Waals surface area (Å²) in [6, 6.07) is 2.76. The Morgan fingerprint density at radius 3 is 2.76 bits per heavy atom. The van der Waals surface area contributed by atoms with Crippen molar-refractivity contribution < 1.29 is 22.7 Å². The quantitative estimate of drug-likeness (QED) is 0.868. The van der Waals surface area contributed by atoms with E-state index in [2.05, 4.69) is 15.0 Å². The minimum Gasteiger partial charge on any atom is -0.468 e. The fourth-order valence-electron chi connectivity index (χ4n) is 1.97. The van der Waals surface area contributed by atoms with E-state index in [1.807, 2.05) is 12.2 Å². The molecule has 0 saturated carbocycles. The number of carbonyl (C=O) groups excluding carboxylic acids is 1. The lowest BCUT2D eigenvalue weighted by atomic mass is 9.93. The summed E-state index contributed by atoms with van der Waals surface area (Å²) in [5.41, 5.74) is 0.439. The van der Waals surface area contributed by atoms with Crippen LogP contribution >= 0.6 is 0 Å². The summed E-state index contributed by atoms with van der Waals surface area (Å²) in [4.78, 5) is 15.7. The Hall–Kier alpha value is -2.05. The number of alkyl halides is 3. The molecule has 1 aliphatic rings. The number of allylic oxidation sites excluding steroid dienone is 2. The van der Waals surface area contributed by atoms with Crippen molar-refractivity contribution in [2.24, 2.45) is 5.92 Å². The van der Waals surface area contributed by atoms with E-state index in [4.69, 9.17) is 0 Å². The molecule has 114 valence electrons. The maximum atomic E-state index is 12.0. The van der Waals surface area contributed by atoms with Crippen LogP contribution in [0.2, 0.25) is 0 Å². The van der Waals surface area contributed by atoms with Crippen LogP contribution < -0.4 is 10.1 Å². The molecule has 0 aromatic carbocycles. The molecule has 1 amide bonds. The molecule has 1 aromatic heterocycles. The summed E-state index contributed by atoms with van der Waals surface area (Å²) in [7, 11) is 0. The first kappa shape index (κ1) is 15.3. The SMILES string of the molecule is O=C(Nc1ccc(OCC(F)(F)F)nc1)[C@@H]1CC=CCC1. The van der Waals surface area contributed by atoms with E-state index in [9.17, 15) is 18.0 Å². The van der Waals surface area contributed by atoms with Gasteiger partial charge in [-0.05, 0) is 25.3 Å². The maximum Gasteiger partial charge on any atom is 0.422 e. The van der Waals surface area contributed by atoms with E-state index in [0.29, 0.717) is 12.1 Å². The second-order valence-electron chi connectivity index (χ2n) is 4.76. The van der Waals surface area contributed by atoms with Gasteiger partial charge in [-0.3, -0.25) is 4.79 Å². The zero-order chi connectivity index (χ0) is 15.3. The number of nitrogens with one attached hydrogen (secondary N) is 1. The van der Waals surface area contributed by atoms with Gasteiger partial charge in [0, 0.05) is 12.0 Å². The molecule has 0 unspecified atom stereocenters. The number of nitrogens with zero attached hydrogens (tertiary/aromatic N) is 1. The number of pyridine rings is 1. The highest BCUT2D eigenvalue weighted by molar-refractivity contribution is 5.92. The molecule has 2 rings (SSSR count). The van der Waals surface area contributed by atoms with Crippen LogP contribution in [0.25, 0.3) is 0 Å². The lowest BCUT2D eigenvalue weighted by Crippen LogP contribution is -2.23. The van der Waals surface area contributed by atoms with Crippen molar-refractivity contribution in [2.75, 3.05) is 11.9 Å². The van der Waals surface area contributed by atoms with Gasteiger partial charge in [0.05, 0.1) is 11.9 Å². The maximum absolute atomic E-state index is 12.0. The van der Waals surface area contributed by atoms with Crippen LogP contribution in [0.5, 0.6) is 5.88 Å². The monoisotopic (exact) mass is 300 g/mol. The molecule has 0 saturated heterocycles. The normalized spacial score (nSPS) is 18.3. The fourth-order valence-corrected chi connectivity index (χ4v) is 1.97. The summed E-state index contributed by atoms with van der Waals surface area (Å²) in [6.45, 7) is -1.39. The molecule has 0 bridgehead atoms. The molecule has 0 radical (unpaired) electrons. The Labute approximate surface area is 120 Å². The molecule has 1 aromatic rings. The summed E-state index contributed by atoms with van der Waals surface area (Å²) in [5.74, 6) is -0.313. The first-order chi connectivity index (χ1) is 9.94. The Bertz CT molecular complexity index is 512. The molecule has 0 spiro atoms. The number of hydrogen-bond acceptors (Lipinski definition) is 3. The number of hydrogen-bond donors (Lipinski definition) is 1. The van der Waals surface area contributed by atoms with E-state index < -0.39 is 12.8 Å².